The van der Waals surface area contributed by atoms with Crippen molar-refractivity contribution in [2.45, 2.75) is 65.0 Å². The number of hydrogen-bond donors (Lipinski definition) is 2. The molecule has 4 heterocycles. The molecular weight excluding hydrogens is 468 g/mol. The zero-order valence-electron chi connectivity index (χ0n) is 21.9. The summed E-state index contributed by atoms with van der Waals surface area (Å²) < 4.78 is 11.3. The average Bonchev–Trinajstić information content (AvgIpc) is 3.48. The van der Waals surface area contributed by atoms with E-state index in [0.29, 0.717) is 24.4 Å². The summed E-state index contributed by atoms with van der Waals surface area (Å²) in [6.45, 7) is 11.0. The molecule has 0 unspecified atom stereocenters. The van der Waals surface area contributed by atoms with Gasteiger partial charge in [0.2, 0.25) is 0 Å². The van der Waals surface area contributed by atoms with Gasteiger partial charge in [-0.1, -0.05) is 5.16 Å². The highest BCUT2D eigenvalue weighted by Crippen LogP contribution is 2.38. The fourth-order valence-electron chi connectivity index (χ4n) is 4.81. The first-order valence-corrected chi connectivity index (χ1v) is 12.7. The smallest absolute Gasteiger partial charge is 0.410 e. The fraction of sp³-hybridized carbons (Fsp3) is 0.429. The molecule has 0 aliphatic carbocycles. The Hall–Kier alpha value is -4.06. The number of nitriles is 1. The molecule has 1 saturated heterocycles. The van der Waals surface area contributed by atoms with Gasteiger partial charge in [0.05, 0.1) is 39.6 Å². The third-order valence-electron chi connectivity index (χ3n) is 6.53. The number of pyridine rings is 1. The summed E-state index contributed by atoms with van der Waals surface area (Å²) in [6, 6.07) is 9.92. The molecule has 1 amide bonds. The first kappa shape index (κ1) is 24.6. The lowest BCUT2D eigenvalue weighted by Crippen LogP contribution is -2.41. The van der Waals surface area contributed by atoms with Gasteiger partial charge < -0.3 is 24.5 Å². The van der Waals surface area contributed by atoms with E-state index in [1.807, 2.05) is 45.2 Å². The summed E-state index contributed by atoms with van der Waals surface area (Å²) in [4.78, 5) is 22.4. The predicted octanol–water partition coefficient (Wildman–Crippen LogP) is 6.18. The molecule has 9 nitrogen and oxygen atoms in total. The zero-order chi connectivity index (χ0) is 26.3. The van der Waals surface area contributed by atoms with Crippen LogP contribution in [-0.2, 0) is 4.74 Å². The third kappa shape index (κ3) is 4.96. The maximum absolute atomic E-state index is 12.4. The minimum Gasteiger partial charge on any atom is -0.444 e. The van der Waals surface area contributed by atoms with Gasteiger partial charge in [-0.3, -0.25) is 4.98 Å². The Morgan fingerprint density at radius 1 is 1.27 bits per heavy atom. The molecule has 192 valence electrons. The minimum atomic E-state index is -0.505. The van der Waals surface area contributed by atoms with Crippen LogP contribution in [0.4, 0.5) is 10.5 Å². The van der Waals surface area contributed by atoms with Crippen LogP contribution in [0.1, 0.15) is 64.6 Å². The largest absolute Gasteiger partial charge is 0.444 e. The first-order chi connectivity index (χ1) is 17.6. The van der Waals surface area contributed by atoms with Crippen LogP contribution in [-0.4, -0.2) is 50.9 Å². The van der Waals surface area contributed by atoms with Crippen molar-refractivity contribution in [3.8, 4) is 17.4 Å². The number of ether oxygens (including phenoxy) is 1. The quantitative estimate of drug-likeness (QED) is 0.343. The van der Waals surface area contributed by atoms with Crippen LogP contribution in [0.3, 0.4) is 0 Å². The number of anilines is 1. The van der Waals surface area contributed by atoms with E-state index in [1.165, 1.54) is 0 Å². The van der Waals surface area contributed by atoms with Gasteiger partial charge in [-0.05, 0) is 65.7 Å². The monoisotopic (exact) mass is 500 g/mol. The fourth-order valence-corrected chi connectivity index (χ4v) is 4.81. The highest BCUT2D eigenvalue weighted by molar-refractivity contribution is 6.11. The van der Waals surface area contributed by atoms with E-state index >= 15 is 0 Å². The van der Waals surface area contributed by atoms with Gasteiger partial charge in [-0.15, -0.1) is 0 Å². The Morgan fingerprint density at radius 2 is 2.03 bits per heavy atom. The number of nitrogens with zero attached hydrogens (tertiary/aromatic N) is 4. The van der Waals surface area contributed by atoms with Crippen LogP contribution in [0, 0.1) is 11.3 Å². The van der Waals surface area contributed by atoms with Gasteiger partial charge in [0.15, 0.2) is 5.76 Å². The van der Waals surface area contributed by atoms with Gasteiger partial charge in [0.25, 0.3) is 0 Å². The molecule has 1 aliphatic heterocycles. The Bertz CT molecular complexity index is 1500. The topological polar surface area (TPSA) is 120 Å². The zero-order valence-corrected chi connectivity index (χ0v) is 21.9. The van der Waals surface area contributed by atoms with E-state index in [4.69, 9.17) is 14.2 Å². The van der Waals surface area contributed by atoms with Crippen molar-refractivity contribution in [2.75, 3.05) is 18.4 Å². The van der Waals surface area contributed by atoms with Gasteiger partial charge >= 0.3 is 6.09 Å². The molecule has 0 radical (unpaired) electrons. The number of H-pyrrole nitrogens is 1. The molecule has 0 atom stereocenters. The summed E-state index contributed by atoms with van der Waals surface area (Å²) in [7, 11) is 0. The van der Waals surface area contributed by atoms with E-state index in [0.717, 1.165) is 51.7 Å². The number of hydrogen-bond acceptors (Lipinski definition) is 7. The van der Waals surface area contributed by atoms with E-state index in [1.54, 1.807) is 11.0 Å². The van der Waals surface area contributed by atoms with Crippen molar-refractivity contribution in [1.29, 1.82) is 5.26 Å². The van der Waals surface area contributed by atoms with Crippen LogP contribution in [0.15, 0.2) is 35.0 Å². The molecule has 1 aliphatic rings. The van der Waals surface area contributed by atoms with Crippen LogP contribution in [0.5, 0.6) is 0 Å². The number of rotatable bonds is 4. The lowest BCUT2D eigenvalue weighted by molar-refractivity contribution is 0.0203. The van der Waals surface area contributed by atoms with Crippen LogP contribution < -0.4 is 5.32 Å². The predicted molar refractivity (Wildman–Crippen MR) is 142 cm³/mol. The number of amides is 1. The summed E-state index contributed by atoms with van der Waals surface area (Å²) in [5.74, 6) is 0.838. The SMILES string of the molecule is CC(C)Nc1c(-c2cc(C3CCN(C(=O)OC(C)(C)C)CC3)no2)cnc2c1[nH]c1cc(C#N)ccc12. The summed E-state index contributed by atoms with van der Waals surface area (Å²) >= 11 is 0. The van der Waals surface area contributed by atoms with Crippen LogP contribution >= 0.6 is 0 Å². The van der Waals surface area contributed by atoms with Crippen molar-refractivity contribution in [3.05, 3.63) is 41.7 Å². The van der Waals surface area contributed by atoms with E-state index < -0.39 is 5.60 Å². The maximum atomic E-state index is 12.4. The van der Waals surface area contributed by atoms with Crippen molar-refractivity contribution in [2.24, 2.45) is 0 Å². The molecule has 2 N–H and O–H groups in total. The number of aromatic nitrogens is 3. The van der Waals surface area contributed by atoms with Crippen molar-refractivity contribution in [1.82, 2.24) is 20.0 Å². The number of aromatic amines is 1. The molecular formula is C28H32N6O3. The molecule has 0 bridgehead atoms. The molecule has 5 rings (SSSR count). The molecule has 0 saturated carbocycles. The molecule has 37 heavy (non-hydrogen) atoms. The second kappa shape index (κ2) is 9.43. The van der Waals surface area contributed by atoms with Gasteiger partial charge in [-0.2, -0.15) is 5.26 Å². The van der Waals surface area contributed by atoms with Crippen LogP contribution in [0.2, 0.25) is 0 Å². The summed E-state index contributed by atoms with van der Waals surface area (Å²) in [5, 5.41) is 18.2. The van der Waals surface area contributed by atoms with Crippen molar-refractivity contribution >= 4 is 33.7 Å². The first-order valence-electron chi connectivity index (χ1n) is 12.7. The Morgan fingerprint density at radius 3 is 2.70 bits per heavy atom. The van der Waals surface area contributed by atoms with E-state index in [2.05, 4.69) is 35.4 Å². The Balaban J connectivity index is 1.43. The van der Waals surface area contributed by atoms with E-state index in [9.17, 15) is 10.1 Å². The summed E-state index contributed by atoms with van der Waals surface area (Å²) in [5.41, 5.74) is 5.23. The number of likely N-dealkylation sites (tertiary alicyclic amines) is 1. The molecule has 1 aromatic carbocycles. The number of carbonyl (C=O) groups excluding carboxylic acids is 1. The maximum Gasteiger partial charge on any atom is 0.410 e. The molecule has 4 aromatic rings. The number of benzene rings is 1. The Labute approximate surface area is 215 Å². The number of nitrogens with one attached hydrogen (secondary N) is 2. The molecule has 0 spiro atoms. The average molecular weight is 501 g/mol. The standard InChI is InChI=1S/C28H32N6O3/c1-16(2)31-25-20(15-30-24-19-7-6-17(14-29)12-22(19)32-26(24)25)23-13-21(33-37-23)18-8-10-34(11-9-18)27(35)36-28(3,4)5/h6-7,12-13,15-16,18,32H,8-11H2,1-5H3,(H,30,31). The lowest BCUT2D eigenvalue weighted by atomic mass is 9.93. The molecule has 3 aromatic heterocycles. The van der Waals surface area contributed by atoms with Gasteiger partial charge in [-0.25, -0.2) is 4.79 Å². The highest BCUT2D eigenvalue weighted by atomic mass is 16.6. The lowest BCUT2D eigenvalue weighted by Gasteiger charge is -2.32. The van der Waals surface area contributed by atoms with Crippen molar-refractivity contribution < 1.29 is 14.1 Å². The normalized spacial score (nSPS) is 14.9. The number of carbonyl (C=O) groups is 1. The van der Waals surface area contributed by atoms with E-state index in [-0.39, 0.29) is 18.1 Å². The number of fused-ring (bicyclic) bond motifs is 3. The van der Waals surface area contributed by atoms with Crippen LogP contribution in [0.25, 0.3) is 33.3 Å². The third-order valence-corrected chi connectivity index (χ3v) is 6.53. The second-order valence-corrected chi connectivity index (χ2v) is 10.9. The molecule has 9 heteroatoms. The Kier molecular flexibility index (Phi) is 6.28. The highest BCUT2D eigenvalue weighted by Gasteiger charge is 2.29. The van der Waals surface area contributed by atoms with Gasteiger partial charge in [0, 0.05) is 48.2 Å². The molecule has 1 fully saturated rings. The van der Waals surface area contributed by atoms with Gasteiger partial charge in [0.1, 0.15) is 5.60 Å². The second-order valence-electron chi connectivity index (χ2n) is 10.9. The summed E-state index contributed by atoms with van der Waals surface area (Å²) in [6.07, 6.45) is 3.13. The van der Waals surface area contributed by atoms with Crippen molar-refractivity contribution in [3.63, 3.8) is 0 Å². The minimum absolute atomic E-state index is 0.171. The number of piperidine rings is 1.